The molecular formula is C32H36Br2N4. The van der Waals surface area contributed by atoms with Crippen molar-refractivity contribution >= 4 is 67.5 Å². The van der Waals surface area contributed by atoms with Crippen molar-refractivity contribution < 1.29 is 0 Å². The predicted octanol–water partition coefficient (Wildman–Crippen LogP) is 7.06. The summed E-state index contributed by atoms with van der Waals surface area (Å²) < 4.78 is 2.16. The zero-order valence-electron chi connectivity index (χ0n) is 22.3. The first-order valence-electron chi connectivity index (χ1n) is 13.4. The van der Waals surface area contributed by atoms with Crippen molar-refractivity contribution in [1.29, 1.82) is 0 Å². The van der Waals surface area contributed by atoms with E-state index in [2.05, 4.69) is 151 Å². The summed E-state index contributed by atoms with van der Waals surface area (Å²) in [7, 11) is 4.39. The van der Waals surface area contributed by atoms with Crippen LogP contribution in [0.25, 0.3) is 24.3 Å². The summed E-state index contributed by atoms with van der Waals surface area (Å²) in [5, 5.41) is 0. The molecule has 0 amide bonds. The van der Waals surface area contributed by atoms with Crippen LogP contribution in [0, 0.1) is 0 Å². The highest BCUT2D eigenvalue weighted by molar-refractivity contribution is 9.11. The number of benzene rings is 3. The molecule has 0 aromatic heterocycles. The van der Waals surface area contributed by atoms with E-state index in [-0.39, 0.29) is 0 Å². The smallest absolute Gasteiger partial charge is 0.0367 e. The van der Waals surface area contributed by atoms with E-state index in [0.717, 1.165) is 72.4 Å². The second-order valence-electron chi connectivity index (χ2n) is 10.3. The lowest BCUT2D eigenvalue weighted by molar-refractivity contribution is 0.313. The highest BCUT2D eigenvalue weighted by atomic mass is 79.9. The summed E-state index contributed by atoms with van der Waals surface area (Å²) in [5.74, 6) is 0. The van der Waals surface area contributed by atoms with Gasteiger partial charge in [-0.15, -0.1) is 0 Å². The molecule has 38 heavy (non-hydrogen) atoms. The van der Waals surface area contributed by atoms with Crippen molar-refractivity contribution in [2.45, 2.75) is 0 Å². The summed E-state index contributed by atoms with van der Waals surface area (Å²) in [6.45, 7) is 8.87. The van der Waals surface area contributed by atoms with Crippen LogP contribution in [0.4, 0.5) is 11.4 Å². The largest absolute Gasteiger partial charge is 0.369 e. The molecule has 198 valence electrons. The Balaban J connectivity index is 1.21. The standard InChI is InChI=1S/C32H36Br2N4/c1-35-15-19-37(20-16-35)29-11-5-25(6-12-29)3-9-27-23-32(34)28(24-31(27)33)10-4-26-7-13-30(14-8-26)38-21-17-36(2)18-22-38/h3-14,23-24H,15-22H2,1-2H3/b9-3+,10-4+. The van der Waals surface area contributed by atoms with Gasteiger partial charge in [0.25, 0.3) is 0 Å². The van der Waals surface area contributed by atoms with Gasteiger partial charge in [-0.2, -0.15) is 0 Å². The van der Waals surface area contributed by atoms with Gasteiger partial charge in [-0.05, 0) is 72.7 Å². The fourth-order valence-corrected chi connectivity index (χ4v) is 5.91. The van der Waals surface area contributed by atoms with E-state index in [1.807, 2.05) is 0 Å². The molecule has 2 saturated heterocycles. The summed E-state index contributed by atoms with van der Waals surface area (Å²) in [4.78, 5) is 9.71. The van der Waals surface area contributed by atoms with E-state index in [1.165, 1.54) is 22.5 Å². The molecule has 0 unspecified atom stereocenters. The molecule has 0 spiro atoms. The molecule has 5 rings (SSSR count). The first-order valence-corrected chi connectivity index (χ1v) is 15.0. The highest BCUT2D eigenvalue weighted by Gasteiger charge is 2.15. The van der Waals surface area contributed by atoms with Crippen LogP contribution < -0.4 is 9.80 Å². The first kappa shape index (κ1) is 27.2. The Morgan fingerprint density at radius 1 is 0.500 bits per heavy atom. The van der Waals surface area contributed by atoms with Gasteiger partial charge in [-0.3, -0.25) is 0 Å². The van der Waals surface area contributed by atoms with Gasteiger partial charge >= 0.3 is 0 Å². The Bertz CT molecular complexity index is 1170. The van der Waals surface area contributed by atoms with Gasteiger partial charge in [0.15, 0.2) is 0 Å². The van der Waals surface area contributed by atoms with Gasteiger partial charge in [-0.1, -0.05) is 80.4 Å². The molecule has 4 nitrogen and oxygen atoms in total. The Morgan fingerprint density at radius 3 is 1.18 bits per heavy atom. The number of anilines is 2. The van der Waals surface area contributed by atoms with Crippen molar-refractivity contribution in [1.82, 2.24) is 9.80 Å². The molecule has 2 aliphatic heterocycles. The second kappa shape index (κ2) is 12.6. The Kier molecular flexibility index (Phi) is 9.05. The fraction of sp³-hybridized carbons (Fsp3) is 0.312. The molecule has 0 N–H and O–H groups in total. The van der Waals surface area contributed by atoms with Gasteiger partial charge in [0.1, 0.15) is 0 Å². The molecule has 0 bridgehead atoms. The average Bonchev–Trinajstić information content (AvgIpc) is 2.94. The van der Waals surface area contributed by atoms with E-state index in [0.29, 0.717) is 0 Å². The minimum atomic E-state index is 1.08. The minimum absolute atomic E-state index is 1.08. The predicted molar refractivity (Wildman–Crippen MR) is 172 cm³/mol. The summed E-state index contributed by atoms with van der Waals surface area (Å²) in [6.07, 6.45) is 8.70. The molecule has 0 saturated carbocycles. The van der Waals surface area contributed by atoms with Gasteiger partial charge in [-0.25, -0.2) is 0 Å². The molecule has 2 fully saturated rings. The third-order valence-electron chi connectivity index (χ3n) is 7.55. The van der Waals surface area contributed by atoms with E-state index >= 15 is 0 Å². The molecule has 3 aromatic carbocycles. The number of nitrogens with zero attached hydrogens (tertiary/aromatic N) is 4. The third-order valence-corrected chi connectivity index (χ3v) is 8.92. The van der Waals surface area contributed by atoms with Crippen LogP contribution in [0.5, 0.6) is 0 Å². The van der Waals surface area contributed by atoms with Crippen molar-refractivity contribution in [2.75, 3.05) is 76.3 Å². The number of rotatable bonds is 6. The Hall–Kier alpha value is -2.38. The Labute approximate surface area is 244 Å². The number of hydrogen-bond acceptors (Lipinski definition) is 4. The van der Waals surface area contributed by atoms with Crippen molar-refractivity contribution in [3.8, 4) is 0 Å². The Morgan fingerprint density at radius 2 is 0.842 bits per heavy atom. The van der Waals surface area contributed by atoms with Crippen LogP contribution in [-0.4, -0.2) is 76.3 Å². The van der Waals surface area contributed by atoms with Crippen LogP contribution in [0.3, 0.4) is 0 Å². The number of likely N-dealkylation sites (N-methyl/N-ethyl adjacent to an activating group) is 2. The average molecular weight is 636 g/mol. The van der Waals surface area contributed by atoms with Gasteiger partial charge in [0.05, 0.1) is 0 Å². The van der Waals surface area contributed by atoms with E-state index < -0.39 is 0 Å². The summed E-state index contributed by atoms with van der Waals surface area (Å²) in [5.41, 5.74) is 7.32. The molecule has 0 aliphatic carbocycles. The normalized spacial score (nSPS) is 17.7. The quantitative estimate of drug-likeness (QED) is 0.269. The second-order valence-corrected chi connectivity index (χ2v) is 12.0. The van der Waals surface area contributed by atoms with Crippen molar-refractivity contribution in [3.63, 3.8) is 0 Å². The zero-order chi connectivity index (χ0) is 26.5. The van der Waals surface area contributed by atoms with E-state index in [1.54, 1.807) is 0 Å². The fourth-order valence-electron chi connectivity index (χ4n) is 4.93. The molecule has 0 atom stereocenters. The van der Waals surface area contributed by atoms with Crippen LogP contribution in [0.15, 0.2) is 69.6 Å². The van der Waals surface area contributed by atoms with Crippen molar-refractivity contribution in [2.24, 2.45) is 0 Å². The van der Waals surface area contributed by atoms with Gasteiger partial charge in [0, 0.05) is 72.7 Å². The summed E-state index contributed by atoms with van der Waals surface area (Å²) >= 11 is 7.56. The van der Waals surface area contributed by atoms with Crippen LogP contribution >= 0.6 is 31.9 Å². The van der Waals surface area contributed by atoms with E-state index in [4.69, 9.17) is 0 Å². The van der Waals surface area contributed by atoms with Crippen LogP contribution in [0.2, 0.25) is 0 Å². The lowest BCUT2D eigenvalue weighted by Crippen LogP contribution is -2.44. The first-order chi connectivity index (χ1) is 18.4. The molecule has 0 radical (unpaired) electrons. The van der Waals surface area contributed by atoms with Crippen LogP contribution in [-0.2, 0) is 0 Å². The molecular weight excluding hydrogens is 600 g/mol. The molecule has 2 aliphatic rings. The lowest BCUT2D eigenvalue weighted by atomic mass is 10.1. The number of piperazine rings is 2. The van der Waals surface area contributed by atoms with Crippen molar-refractivity contribution in [3.05, 3.63) is 91.9 Å². The maximum atomic E-state index is 3.78. The maximum absolute atomic E-state index is 3.78. The van der Waals surface area contributed by atoms with Gasteiger partial charge in [0.2, 0.25) is 0 Å². The van der Waals surface area contributed by atoms with E-state index in [9.17, 15) is 0 Å². The van der Waals surface area contributed by atoms with Crippen LogP contribution in [0.1, 0.15) is 22.3 Å². The topological polar surface area (TPSA) is 13.0 Å². The number of halogens is 2. The highest BCUT2D eigenvalue weighted by Crippen LogP contribution is 2.29. The third kappa shape index (κ3) is 6.97. The minimum Gasteiger partial charge on any atom is -0.369 e. The molecule has 3 aromatic rings. The molecule has 2 heterocycles. The summed E-state index contributed by atoms with van der Waals surface area (Å²) in [6, 6.07) is 22.1. The number of hydrogen-bond donors (Lipinski definition) is 0. The maximum Gasteiger partial charge on any atom is 0.0367 e. The SMILES string of the molecule is CN1CCN(c2ccc(/C=C/c3cc(Br)c(/C=C/c4ccc(N5CCN(C)CC5)cc4)cc3Br)cc2)CC1. The monoisotopic (exact) mass is 634 g/mol. The zero-order valence-corrected chi connectivity index (χ0v) is 25.5. The molecule has 6 heteroatoms. The van der Waals surface area contributed by atoms with Gasteiger partial charge < -0.3 is 19.6 Å². The lowest BCUT2D eigenvalue weighted by Gasteiger charge is -2.34.